The molecule has 0 saturated heterocycles. The number of aromatic hydroxyl groups is 1. The molecule has 0 fully saturated rings. The van der Waals surface area contributed by atoms with Gasteiger partial charge in [-0.3, -0.25) is 0 Å². The molecule has 0 spiro atoms. The third-order valence-electron chi connectivity index (χ3n) is 1.10. The molecule has 0 radical (unpaired) electrons. The molecule has 4 heteroatoms. The molecule has 0 aliphatic carbocycles. The Morgan fingerprint density at radius 2 is 1.90 bits per heavy atom. The van der Waals surface area contributed by atoms with Crippen molar-refractivity contribution in [3.05, 3.63) is 22.2 Å². The molecule has 1 rings (SSSR count). The van der Waals surface area contributed by atoms with Crippen LogP contribution in [0, 0.1) is 0 Å². The molecule has 0 heterocycles. The van der Waals surface area contributed by atoms with Crippen molar-refractivity contribution in [3.8, 4) is 5.75 Å². The molecule has 10 heavy (non-hydrogen) atoms. The van der Waals surface area contributed by atoms with Crippen molar-refractivity contribution in [2.75, 3.05) is 5.73 Å². The van der Waals surface area contributed by atoms with Gasteiger partial charge in [-0.2, -0.15) is 0 Å². The van der Waals surface area contributed by atoms with E-state index in [0.29, 0.717) is 5.02 Å². The lowest BCUT2D eigenvalue weighted by molar-refractivity contribution is 0.478. The van der Waals surface area contributed by atoms with Crippen LogP contribution in [-0.2, 0) is 0 Å². The Morgan fingerprint density at radius 1 is 1.30 bits per heavy atom. The van der Waals surface area contributed by atoms with Crippen LogP contribution in [0.1, 0.15) is 0 Å². The lowest BCUT2D eigenvalue weighted by Gasteiger charge is -2.00. The van der Waals surface area contributed by atoms with Gasteiger partial charge in [0.1, 0.15) is 5.02 Å². The van der Waals surface area contributed by atoms with Crippen LogP contribution in [0.4, 0.5) is 5.69 Å². The number of hydrogen-bond donors (Lipinski definition) is 2. The molecule has 2 nitrogen and oxygen atoms in total. The number of halogens is 2. The molecule has 0 aliphatic heterocycles. The predicted molar refractivity (Wildman–Crippen MR) is 42.5 cm³/mol. The number of benzene rings is 1. The molecule has 0 amide bonds. The van der Waals surface area contributed by atoms with Crippen molar-refractivity contribution < 1.29 is 5.11 Å². The summed E-state index contributed by atoms with van der Waals surface area (Å²) in [6.07, 6.45) is 0. The fourth-order valence-electron chi connectivity index (χ4n) is 0.555. The summed E-state index contributed by atoms with van der Waals surface area (Å²) < 4.78 is 0. The number of hydrogen-bond acceptors (Lipinski definition) is 2. The first-order valence-electron chi connectivity index (χ1n) is 2.55. The summed E-state index contributed by atoms with van der Waals surface area (Å²) in [5.41, 5.74) is 5.53. The van der Waals surface area contributed by atoms with Gasteiger partial charge < -0.3 is 10.8 Å². The quantitative estimate of drug-likeness (QED) is 0.472. The minimum Gasteiger partial charge on any atom is -0.504 e. The summed E-state index contributed by atoms with van der Waals surface area (Å²) in [4.78, 5) is 0. The predicted octanol–water partition coefficient (Wildman–Crippen LogP) is 2.28. The minimum absolute atomic E-state index is 0.0988. The Labute approximate surface area is 68.2 Å². The second-order valence-corrected chi connectivity index (χ2v) is 2.58. The largest absolute Gasteiger partial charge is 0.504 e. The van der Waals surface area contributed by atoms with Crippen LogP contribution < -0.4 is 5.73 Å². The summed E-state index contributed by atoms with van der Waals surface area (Å²) in [6, 6.07) is 3.02. The number of phenolic OH excluding ortho intramolecular Hbond substituents is 1. The summed E-state index contributed by atoms with van der Waals surface area (Å²) >= 11 is 11.1. The Balaban J connectivity index is 3.34. The normalized spacial score (nSPS) is 9.80. The molecule has 54 valence electrons. The van der Waals surface area contributed by atoms with E-state index in [1.54, 1.807) is 0 Å². The zero-order valence-electron chi connectivity index (χ0n) is 4.94. The topological polar surface area (TPSA) is 46.2 Å². The summed E-state index contributed by atoms with van der Waals surface area (Å²) in [7, 11) is 0. The lowest BCUT2D eigenvalue weighted by Crippen LogP contribution is -1.85. The van der Waals surface area contributed by atoms with E-state index in [4.69, 9.17) is 34.0 Å². The number of nitrogens with two attached hydrogens (primary N) is 1. The molecule has 0 bridgehead atoms. The molecule has 0 aliphatic rings. The second kappa shape index (κ2) is 2.56. The lowest BCUT2D eigenvalue weighted by atomic mass is 10.3. The zero-order chi connectivity index (χ0) is 7.72. The third kappa shape index (κ3) is 1.13. The smallest absolute Gasteiger partial charge is 0.158 e. The number of anilines is 1. The van der Waals surface area contributed by atoms with Crippen molar-refractivity contribution in [2.45, 2.75) is 0 Å². The van der Waals surface area contributed by atoms with Gasteiger partial charge in [-0.1, -0.05) is 23.2 Å². The summed E-state index contributed by atoms with van der Waals surface area (Å²) in [5, 5.41) is 9.44. The van der Waals surface area contributed by atoms with Crippen LogP contribution >= 0.6 is 23.2 Å². The van der Waals surface area contributed by atoms with E-state index in [1.165, 1.54) is 12.1 Å². The highest BCUT2D eigenvalue weighted by Crippen LogP contribution is 2.35. The van der Waals surface area contributed by atoms with Crippen LogP contribution in [0.2, 0.25) is 10.0 Å². The molecule has 0 atom stereocenters. The van der Waals surface area contributed by atoms with Gasteiger partial charge in [0, 0.05) is 0 Å². The van der Waals surface area contributed by atoms with Crippen molar-refractivity contribution in [1.82, 2.24) is 0 Å². The number of phenols is 1. The Hall–Kier alpha value is -0.600. The average molecular weight is 178 g/mol. The monoisotopic (exact) mass is 177 g/mol. The van der Waals surface area contributed by atoms with Gasteiger partial charge >= 0.3 is 0 Å². The fourth-order valence-corrected chi connectivity index (χ4v) is 0.879. The maximum Gasteiger partial charge on any atom is 0.158 e. The Kier molecular flexibility index (Phi) is 1.92. The van der Waals surface area contributed by atoms with Crippen LogP contribution in [0.25, 0.3) is 0 Å². The van der Waals surface area contributed by atoms with Gasteiger partial charge in [0.15, 0.2) is 5.75 Å². The average Bonchev–Trinajstić information content (AvgIpc) is 1.93. The van der Waals surface area contributed by atoms with E-state index in [1.807, 2.05) is 0 Å². The van der Waals surface area contributed by atoms with Gasteiger partial charge in [-0.05, 0) is 12.1 Å². The molecule has 1 aromatic rings. The molecular formula is C6H5Cl2NO. The standard InChI is InChI=1S/C6H5Cl2NO/c7-3-1-2-4(9)6(10)5(3)8/h1-2,10H,9H2. The highest BCUT2D eigenvalue weighted by molar-refractivity contribution is 6.43. The van der Waals surface area contributed by atoms with Crippen LogP contribution in [-0.4, -0.2) is 5.11 Å². The van der Waals surface area contributed by atoms with Crippen LogP contribution in [0.3, 0.4) is 0 Å². The van der Waals surface area contributed by atoms with E-state index < -0.39 is 0 Å². The zero-order valence-corrected chi connectivity index (χ0v) is 6.45. The fraction of sp³-hybridized carbons (Fsp3) is 0. The Morgan fingerprint density at radius 3 is 2.40 bits per heavy atom. The van der Waals surface area contributed by atoms with Crippen molar-refractivity contribution >= 4 is 28.9 Å². The Bertz CT molecular complexity index is 235. The number of nitrogen functional groups attached to an aromatic ring is 1. The minimum atomic E-state index is -0.158. The van der Waals surface area contributed by atoms with Crippen molar-refractivity contribution in [2.24, 2.45) is 0 Å². The molecule has 1 aromatic carbocycles. The molecule has 0 saturated carbocycles. The second-order valence-electron chi connectivity index (χ2n) is 1.80. The molecular weight excluding hydrogens is 173 g/mol. The van der Waals surface area contributed by atoms with E-state index >= 15 is 0 Å². The van der Waals surface area contributed by atoms with E-state index in [2.05, 4.69) is 0 Å². The van der Waals surface area contributed by atoms with Gasteiger partial charge in [-0.25, -0.2) is 0 Å². The maximum absolute atomic E-state index is 9.05. The van der Waals surface area contributed by atoms with Gasteiger partial charge in [-0.15, -0.1) is 0 Å². The first kappa shape index (κ1) is 7.51. The molecule has 0 aromatic heterocycles. The highest BCUT2D eigenvalue weighted by Gasteiger charge is 2.05. The maximum atomic E-state index is 9.05. The van der Waals surface area contributed by atoms with Crippen molar-refractivity contribution in [1.29, 1.82) is 0 Å². The van der Waals surface area contributed by atoms with Gasteiger partial charge in [0.05, 0.1) is 10.7 Å². The number of rotatable bonds is 0. The van der Waals surface area contributed by atoms with Crippen molar-refractivity contribution in [3.63, 3.8) is 0 Å². The molecule has 3 N–H and O–H groups in total. The SMILES string of the molecule is Nc1ccc(Cl)c(Cl)c1O. The first-order chi connectivity index (χ1) is 4.63. The van der Waals surface area contributed by atoms with Crippen LogP contribution in [0.5, 0.6) is 5.75 Å². The van der Waals surface area contributed by atoms with E-state index in [9.17, 15) is 0 Å². The van der Waals surface area contributed by atoms with Gasteiger partial charge in [0.2, 0.25) is 0 Å². The van der Waals surface area contributed by atoms with E-state index in [0.717, 1.165) is 0 Å². The van der Waals surface area contributed by atoms with Gasteiger partial charge in [0.25, 0.3) is 0 Å². The highest BCUT2D eigenvalue weighted by atomic mass is 35.5. The van der Waals surface area contributed by atoms with Crippen LogP contribution in [0.15, 0.2) is 12.1 Å². The van der Waals surface area contributed by atoms with E-state index in [-0.39, 0.29) is 16.5 Å². The summed E-state index contributed by atoms with van der Waals surface area (Å²) in [6.45, 7) is 0. The third-order valence-corrected chi connectivity index (χ3v) is 1.89. The summed E-state index contributed by atoms with van der Waals surface area (Å²) in [5.74, 6) is -0.158. The molecule has 0 unspecified atom stereocenters. The first-order valence-corrected chi connectivity index (χ1v) is 3.31.